The van der Waals surface area contributed by atoms with E-state index in [1.165, 1.54) is 13.2 Å². The van der Waals surface area contributed by atoms with E-state index >= 15 is 0 Å². The number of hydrogen-bond donors (Lipinski definition) is 2. The first kappa shape index (κ1) is 32.0. The number of nitrogens with one attached hydrogen (secondary N) is 1. The second-order valence-electron chi connectivity index (χ2n) is 10.5. The van der Waals surface area contributed by atoms with Crippen LogP contribution in [0.1, 0.15) is 63.1 Å². The van der Waals surface area contributed by atoms with E-state index in [0.29, 0.717) is 41.9 Å². The van der Waals surface area contributed by atoms with Gasteiger partial charge < -0.3 is 20.1 Å². The molecule has 0 aliphatic carbocycles. The minimum Gasteiger partial charge on any atom is -0.392 e. The van der Waals surface area contributed by atoms with E-state index in [1.54, 1.807) is 49.4 Å². The molecule has 0 saturated carbocycles. The quantitative estimate of drug-likeness (QED) is 0.230. The molecular formula is C31H30F6N2O4. The van der Waals surface area contributed by atoms with Gasteiger partial charge in [0.2, 0.25) is 5.91 Å². The van der Waals surface area contributed by atoms with Crippen LogP contribution < -0.4 is 5.32 Å². The van der Waals surface area contributed by atoms with E-state index in [2.05, 4.69) is 5.32 Å². The number of rotatable bonds is 9. The van der Waals surface area contributed by atoms with Gasteiger partial charge in [-0.1, -0.05) is 42.5 Å². The number of aliphatic hydroxyl groups is 1. The fourth-order valence-electron chi connectivity index (χ4n) is 5.49. The van der Waals surface area contributed by atoms with Crippen LogP contribution in [0.15, 0.2) is 66.7 Å². The number of aliphatic hydroxyl groups excluding tert-OH is 1. The summed E-state index contributed by atoms with van der Waals surface area (Å²) in [6, 6.07) is 12.6. The van der Waals surface area contributed by atoms with E-state index < -0.39 is 58.9 Å². The molecule has 0 fully saturated rings. The van der Waals surface area contributed by atoms with Crippen molar-refractivity contribution >= 4 is 11.8 Å². The SMILES string of the molecule is COCCCNC(=O)[C@@]1(C)c2ccccc2C(=O)N(Cc2cc(C(F)(F)F)cc(C(F)(F)F)c2)[C@H]1c1ccc(CO)cc1. The Balaban J connectivity index is 1.92. The zero-order chi connectivity index (χ0) is 31.6. The first-order chi connectivity index (χ1) is 20.2. The molecule has 4 rings (SSSR count). The first-order valence-corrected chi connectivity index (χ1v) is 13.4. The van der Waals surface area contributed by atoms with Crippen LogP contribution in [-0.4, -0.2) is 42.1 Å². The lowest BCUT2D eigenvalue weighted by Crippen LogP contribution is -2.57. The van der Waals surface area contributed by atoms with Crippen LogP contribution in [-0.2, 0) is 40.5 Å². The van der Waals surface area contributed by atoms with Gasteiger partial charge in [-0.05, 0) is 59.9 Å². The Morgan fingerprint density at radius 2 is 1.56 bits per heavy atom. The molecule has 2 amide bonds. The summed E-state index contributed by atoms with van der Waals surface area (Å²) in [7, 11) is 1.51. The largest absolute Gasteiger partial charge is 0.416 e. The number of alkyl halides is 6. The first-order valence-electron chi connectivity index (χ1n) is 13.4. The van der Waals surface area contributed by atoms with Gasteiger partial charge in [0.1, 0.15) is 0 Å². The normalized spacial score (nSPS) is 18.9. The predicted molar refractivity (Wildman–Crippen MR) is 145 cm³/mol. The van der Waals surface area contributed by atoms with E-state index in [1.807, 2.05) is 0 Å². The summed E-state index contributed by atoms with van der Waals surface area (Å²) in [5.41, 5.74) is -3.56. The molecule has 12 heteroatoms. The van der Waals surface area contributed by atoms with E-state index in [9.17, 15) is 41.0 Å². The van der Waals surface area contributed by atoms with Gasteiger partial charge in [0.05, 0.1) is 29.2 Å². The molecule has 43 heavy (non-hydrogen) atoms. The zero-order valence-electron chi connectivity index (χ0n) is 23.4. The molecule has 3 aromatic carbocycles. The Labute approximate surface area is 244 Å². The standard InChI is InChI=1S/C31H30F6N2O4/c1-29(28(42)38-12-5-13-43-2)25-7-4-3-6-24(25)27(41)39(26(29)21-10-8-19(18-40)9-11-21)17-20-14-22(30(32,33)34)16-23(15-20)31(35,36)37/h3-4,6-11,14-16,26,40H,5,12-13,17-18H2,1-2H3,(H,38,42)/t26-,29-/m0/s1. The van der Waals surface area contributed by atoms with Gasteiger partial charge in [0, 0.05) is 32.4 Å². The number of halogens is 6. The highest BCUT2D eigenvalue weighted by atomic mass is 19.4. The maximum absolute atomic E-state index is 14.0. The summed E-state index contributed by atoms with van der Waals surface area (Å²) in [6.45, 7) is 1.23. The highest BCUT2D eigenvalue weighted by Gasteiger charge is 2.53. The molecule has 2 atom stereocenters. The Hall–Kier alpha value is -3.90. The van der Waals surface area contributed by atoms with E-state index in [-0.39, 0.29) is 24.8 Å². The summed E-state index contributed by atoms with van der Waals surface area (Å²) >= 11 is 0. The van der Waals surface area contributed by atoms with Crippen LogP contribution in [0.3, 0.4) is 0 Å². The van der Waals surface area contributed by atoms with Crippen LogP contribution in [0.2, 0.25) is 0 Å². The van der Waals surface area contributed by atoms with E-state index in [4.69, 9.17) is 4.74 Å². The molecule has 0 unspecified atom stereocenters. The number of benzene rings is 3. The van der Waals surface area contributed by atoms with Crippen molar-refractivity contribution in [3.8, 4) is 0 Å². The number of hydrogen-bond acceptors (Lipinski definition) is 4. The number of carbonyl (C=O) groups is 2. The van der Waals surface area contributed by atoms with Gasteiger partial charge >= 0.3 is 12.4 Å². The molecule has 0 radical (unpaired) electrons. The third-order valence-electron chi connectivity index (χ3n) is 7.60. The summed E-state index contributed by atoms with van der Waals surface area (Å²) < 4.78 is 87.1. The minimum absolute atomic E-state index is 0.0273. The number of nitrogens with zero attached hydrogens (tertiary/aromatic N) is 1. The highest BCUT2D eigenvalue weighted by molar-refractivity contribution is 6.03. The molecule has 0 spiro atoms. The summed E-state index contributed by atoms with van der Waals surface area (Å²) in [5.74, 6) is -1.16. The molecule has 0 bridgehead atoms. The molecule has 1 aliphatic rings. The second-order valence-corrected chi connectivity index (χ2v) is 10.5. The number of fused-ring (bicyclic) bond motifs is 1. The van der Waals surface area contributed by atoms with Crippen LogP contribution in [0, 0.1) is 0 Å². The number of methoxy groups -OCH3 is 1. The minimum atomic E-state index is -5.08. The average molecular weight is 609 g/mol. The van der Waals surface area contributed by atoms with Crippen LogP contribution >= 0.6 is 0 Å². The fraction of sp³-hybridized carbons (Fsp3) is 0.355. The molecule has 230 valence electrons. The molecule has 3 aromatic rings. The van der Waals surface area contributed by atoms with Crippen LogP contribution in [0.5, 0.6) is 0 Å². The topological polar surface area (TPSA) is 78.9 Å². The maximum Gasteiger partial charge on any atom is 0.416 e. The summed E-state index contributed by atoms with van der Waals surface area (Å²) in [6.07, 6.45) is -9.68. The van der Waals surface area contributed by atoms with Crippen molar-refractivity contribution in [3.63, 3.8) is 0 Å². The average Bonchev–Trinajstić information content (AvgIpc) is 2.97. The van der Waals surface area contributed by atoms with Gasteiger partial charge in [-0.25, -0.2) is 0 Å². The van der Waals surface area contributed by atoms with Crippen LogP contribution in [0.25, 0.3) is 0 Å². The Morgan fingerprint density at radius 1 is 0.953 bits per heavy atom. The molecule has 2 N–H and O–H groups in total. The lowest BCUT2D eigenvalue weighted by atomic mass is 9.67. The van der Waals surface area contributed by atoms with Crippen molar-refractivity contribution in [1.29, 1.82) is 0 Å². The molecule has 6 nitrogen and oxygen atoms in total. The molecule has 0 saturated heterocycles. The third kappa shape index (κ3) is 6.54. The van der Waals surface area contributed by atoms with Crippen LogP contribution in [0.4, 0.5) is 26.3 Å². The van der Waals surface area contributed by atoms with Crippen molar-refractivity contribution in [3.05, 3.63) is 106 Å². The van der Waals surface area contributed by atoms with Crippen molar-refractivity contribution in [2.75, 3.05) is 20.3 Å². The van der Waals surface area contributed by atoms with E-state index in [0.717, 1.165) is 4.90 Å². The van der Waals surface area contributed by atoms with Crippen molar-refractivity contribution in [2.45, 2.75) is 50.3 Å². The number of carbonyl (C=O) groups excluding carboxylic acids is 2. The fourth-order valence-corrected chi connectivity index (χ4v) is 5.49. The zero-order valence-corrected chi connectivity index (χ0v) is 23.4. The van der Waals surface area contributed by atoms with Gasteiger partial charge in [0.15, 0.2) is 0 Å². The maximum atomic E-state index is 14.0. The highest BCUT2D eigenvalue weighted by Crippen LogP contribution is 2.48. The Kier molecular flexibility index (Phi) is 9.22. The smallest absolute Gasteiger partial charge is 0.392 e. The summed E-state index contributed by atoms with van der Waals surface area (Å²) in [5, 5.41) is 12.4. The van der Waals surface area contributed by atoms with Gasteiger partial charge in [-0.2, -0.15) is 26.3 Å². The van der Waals surface area contributed by atoms with Crippen molar-refractivity contribution in [1.82, 2.24) is 10.2 Å². The lowest BCUT2D eigenvalue weighted by molar-refractivity contribution is -0.143. The van der Waals surface area contributed by atoms with Gasteiger partial charge in [-0.3, -0.25) is 9.59 Å². The number of ether oxygens (including phenoxy) is 1. The second kappa shape index (κ2) is 12.4. The molecule has 1 aliphatic heterocycles. The van der Waals surface area contributed by atoms with Gasteiger partial charge in [0.25, 0.3) is 5.91 Å². The Bertz CT molecular complexity index is 1440. The van der Waals surface area contributed by atoms with Crippen molar-refractivity contribution < 1.29 is 45.8 Å². The predicted octanol–water partition coefficient (Wildman–Crippen LogP) is 6.02. The summed E-state index contributed by atoms with van der Waals surface area (Å²) in [4.78, 5) is 29.1. The van der Waals surface area contributed by atoms with Gasteiger partial charge in [-0.15, -0.1) is 0 Å². The third-order valence-corrected chi connectivity index (χ3v) is 7.60. The Morgan fingerprint density at radius 3 is 2.12 bits per heavy atom. The van der Waals surface area contributed by atoms with Crippen molar-refractivity contribution in [2.24, 2.45) is 0 Å². The molecule has 1 heterocycles. The monoisotopic (exact) mass is 608 g/mol. The molecule has 0 aromatic heterocycles. The number of amides is 2. The molecular weight excluding hydrogens is 578 g/mol. The lowest BCUT2D eigenvalue weighted by Gasteiger charge is -2.48.